The van der Waals surface area contributed by atoms with Crippen LogP contribution in [0, 0.1) is 0 Å². The Labute approximate surface area is 161 Å². The molecule has 0 aromatic heterocycles. The smallest absolute Gasteiger partial charge is 0.0722 e. The van der Waals surface area contributed by atoms with E-state index in [0.717, 1.165) is 0 Å². The van der Waals surface area contributed by atoms with Crippen LogP contribution in [0.1, 0.15) is 0 Å². The van der Waals surface area contributed by atoms with Gasteiger partial charge in [-0.05, 0) is 0 Å². The molecule has 0 aliphatic rings. The zero-order chi connectivity index (χ0) is 18.8. The van der Waals surface area contributed by atoms with Gasteiger partial charge in [0.15, 0.2) is 0 Å². The predicted molar refractivity (Wildman–Crippen MR) is 125 cm³/mol. The summed E-state index contributed by atoms with van der Waals surface area (Å²) in [6, 6.07) is 34.3. The van der Waals surface area contributed by atoms with E-state index in [1.807, 2.05) is 0 Å². The minimum Gasteiger partial charge on any atom is -0.0722 e. The summed E-state index contributed by atoms with van der Waals surface area (Å²) in [5.41, 5.74) is 0. The van der Waals surface area contributed by atoms with E-state index >= 15 is 0 Å². The highest BCUT2D eigenvalue weighted by atomic mass is 29.6. The highest BCUT2D eigenvalue weighted by Crippen LogP contribution is 2.29. The van der Waals surface area contributed by atoms with Crippen LogP contribution in [0.3, 0.4) is 0 Å². The first-order valence-electron chi connectivity index (χ1n) is 9.48. The lowest BCUT2D eigenvalue weighted by atomic mass is 10.3. The lowest BCUT2D eigenvalue weighted by Crippen LogP contribution is -2.86. The molecule has 0 heterocycles. The van der Waals surface area contributed by atoms with Gasteiger partial charge in [0.05, 0.1) is 7.11 Å². The molecule has 0 nitrogen and oxygen atoms in total. The maximum Gasteiger partial charge on any atom is 0.136 e. The molecule has 0 aliphatic carbocycles. The van der Waals surface area contributed by atoms with Gasteiger partial charge in [0.2, 0.25) is 0 Å². The number of benzene rings is 3. The molecule has 134 valence electrons. The number of hydrogen-bond donors (Lipinski definition) is 0. The summed E-state index contributed by atoms with van der Waals surface area (Å²) in [5, 5.41) is 4.74. The number of hydrogen-bond acceptors (Lipinski definition) is 0. The van der Waals surface area contributed by atoms with Crippen molar-refractivity contribution in [3.05, 3.63) is 91.0 Å². The van der Waals surface area contributed by atoms with Gasteiger partial charge in [-0.25, -0.2) is 0 Å². The van der Waals surface area contributed by atoms with Crippen molar-refractivity contribution in [1.29, 1.82) is 0 Å². The van der Waals surface area contributed by atoms with E-state index in [1.165, 1.54) is 0 Å². The maximum atomic E-state index is 2.68. The Kier molecular flexibility index (Phi) is 5.24. The Bertz CT molecular complexity index is 738. The van der Waals surface area contributed by atoms with E-state index in [4.69, 9.17) is 0 Å². The average molecular weight is 391 g/mol. The third kappa shape index (κ3) is 2.98. The molecule has 0 unspecified atom stereocenters. The second kappa shape index (κ2) is 7.14. The fourth-order valence-corrected chi connectivity index (χ4v) is 36.0. The Morgan fingerprint density at radius 1 is 0.423 bits per heavy atom. The zero-order valence-electron chi connectivity index (χ0n) is 16.7. The second-order valence-electron chi connectivity index (χ2n) is 8.72. The van der Waals surface area contributed by atoms with Crippen molar-refractivity contribution in [2.75, 3.05) is 0 Å². The van der Waals surface area contributed by atoms with Gasteiger partial charge >= 0.3 is 0 Å². The molecule has 0 saturated heterocycles. The summed E-state index contributed by atoms with van der Waals surface area (Å²) >= 11 is 0. The lowest BCUT2D eigenvalue weighted by molar-refractivity contribution is 1.68. The van der Waals surface area contributed by atoms with Crippen molar-refractivity contribution in [2.24, 2.45) is 0 Å². The Morgan fingerprint density at radius 2 is 0.692 bits per heavy atom. The summed E-state index contributed by atoms with van der Waals surface area (Å²) in [6.45, 7) is 13.1. The summed E-state index contributed by atoms with van der Waals surface area (Å²) in [5.74, 6) is 0. The molecule has 3 aromatic rings. The van der Waals surface area contributed by atoms with Crippen LogP contribution in [0.15, 0.2) is 91.0 Å². The van der Waals surface area contributed by atoms with E-state index in [-0.39, 0.29) is 0 Å². The molecule has 3 aromatic carbocycles. The van der Waals surface area contributed by atoms with Crippen molar-refractivity contribution in [3.8, 4) is 0 Å². The van der Waals surface area contributed by atoms with E-state index in [1.54, 1.807) is 15.6 Å². The molecule has 26 heavy (non-hydrogen) atoms. The zero-order valence-corrected chi connectivity index (χ0v) is 19.7. The van der Waals surface area contributed by atoms with E-state index in [0.29, 0.717) is 0 Å². The van der Waals surface area contributed by atoms with Gasteiger partial charge in [0.25, 0.3) is 0 Å². The highest BCUT2D eigenvalue weighted by molar-refractivity contribution is 7.76. The predicted octanol–water partition coefficient (Wildman–Crippen LogP) is 4.36. The molecular formula is C23H30Si3. The first-order valence-corrected chi connectivity index (χ1v) is 20.0. The Morgan fingerprint density at radius 3 is 0.923 bits per heavy atom. The van der Waals surface area contributed by atoms with Gasteiger partial charge in [0.1, 0.15) is 7.59 Å². The minimum atomic E-state index is -2.09. The van der Waals surface area contributed by atoms with Crippen LogP contribution in [-0.4, -0.2) is 22.3 Å². The quantitative estimate of drug-likeness (QED) is 0.448. The van der Waals surface area contributed by atoms with Crippen LogP contribution in [0.5, 0.6) is 0 Å². The van der Waals surface area contributed by atoms with E-state index in [9.17, 15) is 0 Å². The second-order valence-corrected chi connectivity index (χ2v) is 35.5. The van der Waals surface area contributed by atoms with Crippen molar-refractivity contribution in [1.82, 2.24) is 0 Å². The largest absolute Gasteiger partial charge is 0.136 e. The van der Waals surface area contributed by atoms with Crippen molar-refractivity contribution in [3.63, 3.8) is 0 Å². The molecule has 0 bridgehead atoms. The number of rotatable bonds is 5. The standard InChI is InChI=1S/C23H30Si3/c1-24(2,3)25(4,5)26(21-15-9-6-10-16-21,22-17-11-7-12-18-22)23-19-13-8-14-20-23/h6-20H,1-5H3. The SMILES string of the molecule is C[Si](C)(C)[Si](C)(C)[Si](c1ccccc1)(c1ccccc1)c1ccccc1. The average Bonchev–Trinajstić information content (AvgIpc) is 2.64. The molecule has 0 N–H and O–H groups in total. The van der Waals surface area contributed by atoms with Crippen LogP contribution in [0.25, 0.3) is 0 Å². The van der Waals surface area contributed by atoms with Gasteiger partial charge in [-0.3, -0.25) is 0 Å². The fraction of sp³-hybridized carbons (Fsp3) is 0.217. The normalized spacial score (nSPS) is 12.8. The first-order chi connectivity index (χ1) is 12.3. The molecule has 0 radical (unpaired) electrons. The van der Waals surface area contributed by atoms with Crippen molar-refractivity contribution < 1.29 is 0 Å². The Balaban J connectivity index is 2.48. The summed E-state index contributed by atoms with van der Waals surface area (Å²) < 4.78 is 0. The van der Waals surface area contributed by atoms with E-state index < -0.39 is 22.3 Å². The monoisotopic (exact) mass is 390 g/mol. The van der Waals surface area contributed by atoms with Gasteiger partial charge < -0.3 is 0 Å². The highest BCUT2D eigenvalue weighted by Gasteiger charge is 2.58. The maximum absolute atomic E-state index is 2.68. The third-order valence-corrected chi connectivity index (χ3v) is 45.3. The minimum absolute atomic E-state index is 1.37. The fourth-order valence-electron chi connectivity index (χ4n) is 4.21. The molecule has 0 fully saturated rings. The molecule has 0 spiro atoms. The first kappa shape index (κ1) is 19.1. The van der Waals surface area contributed by atoms with Crippen molar-refractivity contribution >= 4 is 37.9 Å². The summed E-state index contributed by atoms with van der Waals surface area (Å²) in [6.07, 6.45) is 0. The Hall–Kier alpha value is -1.69. The van der Waals surface area contributed by atoms with Gasteiger partial charge in [-0.15, -0.1) is 0 Å². The summed E-state index contributed by atoms with van der Waals surface area (Å²) in [7, 11) is -5.08. The van der Waals surface area contributed by atoms with Crippen LogP contribution >= 0.6 is 0 Å². The lowest BCUT2D eigenvalue weighted by Gasteiger charge is -2.51. The van der Waals surface area contributed by atoms with Crippen LogP contribution in [0.4, 0.5) is 0 Å². The summed E-state index contributed by atoms with van der Waals surface area (Å²) in [4.78, 5) is 0. The van der Waals surface area contributed by atoms with Crippen LogP contribution in [-0.2, 0) is 0 Å². The van der Waals surface area contributed by atoms with Gasteiger partial charge in [0, 0.05) is 7.59 Å². The van der Waals surface area contributed by atoms with Gasteiger partial charge in [-0.2, -0.15) is 0 Å². The molecule has 3 heteroatoms. The van der Waals surface area contributed by atoms with E-state index in [2.05, 4.69) is 124 Å². The third-order valence-electron chi connectivity index (χ3n) is 6.43. The molecular weight excluding hydrogens is 361 g/mol. The molecule has 3 rings (SSSR count). The topological polar surface area (TPSA) is 0 Å². The van der Waals surface area contributed by atoms with Crippen LogP contribution < -0.4 is 15.6 Å². The molecule has 0 saturated carbocycles. The molecule has 0 aliphatic heterocycles. The molecule has 0 atom stereocenters. The molecule has 0 amide bonds. The van der Waals surface area contributed by atoms with Gasteiger partial charge in [-0.1, -0.05) is 139 Å². The van der Waals surface area contributed by atoms with Crippen molar-refractivity contribution in [2.45, 2.75) is 32.7 Å². The van der Waals surface area contributed by atoms with Crippen LogP contribution in [0.2, 0.25) is 32.7 Å².